The number of likely N-dealkylation sites (N-methyl/N-ethyl adjacent to an activating group) is 1. The summed E-state index contributed by atoms with van der Waals surface area (Å²) in [4.78, 5) is 2.21. The summed E-state index contributed by atoms with van der Waals surface area (Å²) in [7, 11) is 4.23. The molecule has 4 nitrogen and oxygen atoms in total. The second kappa shape index (κ2) is 20.5. The normalized spacial score (nSPS) is 32.7. The summed E-state index contributed by atoms with van der Waals surface area (Å²) >= 11 is 0. The number of rotatable bonds is 23. The Morgan fingerprint density at radius 3 is 2.29 bits per heavy atom. The highest BCUT2D eigenvalue weighted by Crippen LogP contribution is 2.67. The first-order valence-corrected chi connectivity index (χ1v) is 21.4. The number of unbranched alkanes of at least 4 members (excludes halogenated alkanes) is 5. The molecule has 9 unspecified atom stereocenters. The van der Waals surface area contributed by atoms with E-state index in [2.05, 4.69) is 78.8 Å². The van der Waals surface area contributed by atoms with Crippen LogP contribution < -0.4 is 0 Å². The fourth-order valence-electron chi connectivity index (χ4n) is 11.1. The summed E-state index contributed by atoms with van der Waals surface area (Å²) in [6.45, 7) is 18.9. The van der Waals surface area contributed by atoms with Gasteiger partial charge in [0.15, 0.2) is 0 Å². The molecule has 0 aromatic rings. The minimum atomic E-state index is 0.320. The van der Waals surface area contributed by atoms with Crippen molar-refractivity contribution in [3.05, 3.63) is 23.8 Å². The Morgan fingerprint density at radius 1 is 0.816 bits per heavy atom. The van der Waals surface area contributed by atoms with Crippen LogP contribution in [0.2, 0.25) is 0 Å². The SMILES string of the molecule is CCC=CCOCC(COCCCCCCCCOC1CCC2(C)C(=CCC3C2CCC2(C)C(C(C)CCCC(C)C)CCC32)C1)N(C)C. The molecule has 0 bridgehead atoms. The summed E-state index contributed by atoms with van der Waals surface area (Å²) in [6, 6.07) is 0.320. The zero-order valence-electron chi connectivity index (χ0n) is 33.8. The molecule has 0 aliphatic heterocycles. The van der Waals surface area contributed by atoms with Crippen molar-refractivity contribution in [1.82, 2.24) is 4.90 Å². The Hall–Kier alpha value is -0.680. The van der Waals surface area contributed by atoms with Crippen molar-refractivity contribution in [3.8, 4) is 0 Å². The van der Waals surface area contributed by atoms with Crippen LogP contribution in [0.5, 0.6) is 0 Å². The molecule has 3 saturated carbocycles. The van der Waals surface area contributed by atoms with E-state index in [9.17, 15) is 0 Å². The minimum absolute atomic E-state index is 0.320. The average molecular weight is 684 g/mol. The van der Waals surface area contributed by atoms with Crippen molar-refractivity contribution in [3.63, 3.8) is 0 Å². The molecule has 0 saturated heterocycles. The lowest BCUT2D eigenvalue weighted by Crippen LogP contribution is -2.51. The first-order valence-electron chi connectivity index (χ1n) is 21.4. The standard InChI is InChI=1S/C45H81NO3/c1-9-10-15-29-47-33-38(46(7)8)34-48-30-16-13-11-12-14-17-31-49-39-25-27-44(5)37(32-39)21-22-40-42-24-23-41(36(4)20-18-19-35(2)3)45(42,6)28-26-43(40)44/h10,15,21,35-36,38-43H,9,11-14,16-20,22-34H2,1-8H3. The van der Waals surface area contributed by atoms with Crippen molar-refractivity contribution in [1.29, 1.82) is 0 Å². The summed E-state index contributed by atoms with van der Waals surface area (Å²) in [6.07, 6.45) is 31.5. The molecule has 4 aliphatic carbocycles. The lowest BCUT2D eigenvalue weighted by molar-refractivity contribution is -0.0641. The minimum Gasteiger partial charge on any atom is -0.380 e. The predicted octanol–water partition coefficient (Wildman–Crippen LogP) is 11.7. The molecule has 4 aliphatic rings. The summed E-state index contributed by atoms with van der Waals surface area (Å²) in [5, 5.41) is 0. The van der Waals surface area contributed by atoms with Crippen molar-refractivity contribution < 1.29 is 14.2 Å². The van der Waals surface area contributed by atoms with Crippen LogP contribution in [-0.4, -0.2) is 64.2 Å². The highest BCUT2D eigenvalue weighted by molar-refractivity contribution is 5.25. The van der Waals surface area contributed by atoms with Crippen molar-refractivity contribution in [2.45, 2.75) is 169 Å². The molecular formula is C45H81NO3. The van der Waals surface area contributed by atoms with Crippen LogP contribution in [0, 0.1) is 46.3 Å². The maximum atomic E-state index is 6.56. The Bertz CT molecular complexity index is 990. The van der Waals surface area contributed by atoms with Crippen LogP contribution in [0.15, 0.2) is 23.8 Å². The Balaban J connectivity index is 1.08. The maximum absolute atomic E-state index is 6.56. The highest BCUT2D eigenvalue weighted by Gasteiger charge is 2.59. The fraction of sp³-hybridized carbons (Fsp3) is 0.911. The van der Waals surface area contributed by atoms with E-state index in [-0.39, 0.29) is 0 Å². The molecule has 0 radical (unpaired) electrons. The largest absolute Gasteiger partial charge is 0.380 e. The highest BCUT2D eigenvalue weighted by atomic mass is 16.5. The van der Waals surface area contributed by atoms with Gasteiger partial charge >= 0.3 is 0 Å². The Kier molecular flexibility index (Phi) is 17.2. The summed E-state index contributed by atoms with van der Waals surface area (Å²) in [5.41, 5.74) is 2.80. The van der Waals surface area contributed by atoms with Crippen LogP contribution in [0.1, 0.15) is 157 Å². The van der Waals surface area contributed by atoms with Gasteiger partial charge in [-0.3, -0.25) is 0 Å². The van der Waals surface area contributed by atoms with Gasteiger partial charge in [0.1, 0.15) is 0 Å². The predicted molar refractivity (Wildman–Crippen MR) is 209 cm³/mol. The van der Waals surface area contributed by atoms with Crippen LogP contribution in [0.25, 0.3) is 0 Å². The lowest BCUT2D eigenvalue weighted by Gasteiger charge is -2.58. The molecular weight excluding hydrogens is 602 g/mol. The number of hydrogen-bond donors (Lipinski definition) is 0. The van der Waals surface area contributed by atoms with E-state index in [1.54, 1.807) is 5.57 Å². The summed E-state index contributed by atoms with van der Waals surface area (Å²) in [5.74, 6) is 5.50. The van der Waals surface area contributed by atoms with E-state index >= 15 is 0 Å². The molecule has 49 heavy (non-hydrogen) atoms. The molecule has 0 spiro atoms. The first kappa shape index (κ1) is 41.1. The van der Waals surface area contributed by atoms with Crippen LogP contribution in [0.3, 0.4) is 0 Å². The second-order valence-electron chi connectivity index (χ2n) is 18.3. The van der Waals surface area contributed by atoms with Crippen molar-refractivity contribution in [2.24, 2.45) is 46.3 Å². The van der Waals surface area contributed by atoms with Gasteiger partial charge in [-0.05, 0) is 131 Å². The molecule has 0 N–H and O–H groups in total. The van der Waals surface area contributed by atoms with Crippen molar-refractivity contribution in [2.75, 3.05) is 47.1 Å². The van der Waals surface area contributed by atoms with Crippen LogP contribution in [0.4, 0.5) is 0 Å². The Labute approximate surface area is 304 Å². The van der Waals surface area contributed by atoms with Gasteiger partial charge in [-0.15, -0.1) is 0 Å². The second-order valence-corrected chi connectivity index (χ2v) is 18.3. The number of allylic oxidation sites excluding steroid dienone is 2. The van der Waals surface area contributed by atoms with E-state index in [1.807, 2.05) is 0 Å². The van der Waals surface area contributed by atoms with Gasteiger partial charge < -0.3 is 19.1 Å². The van der Waals surface area contributed by atoms with Gasteiger partial charge in [-0.1, -0.05) is 110 Å². The lowest BCUT2D eigenvalue weighted by atomic mass is 9.47. The molecule has 4 heteroatoms. The van der Waals surface area contributed by atoms with Gasteiger partial charge in [0.2, 0.25) is 0 Å². The monoisotopic (exact) mass is 684 g/mol. The zero-order valence-corrected chi connectivity index (χ0v) is 33.8. The number of hydrogen-bond acceptors (Lipinski definition) is 4. The van der Waals surface area contributed by atoms with Gasteiger partial charge in [-0.2, -0.15) is 0 Å². The Morgan fingerprint density at radius 2 is 1.55 bits per heavy atom. The topological polar surface area (TPSA) is 30.9 Å². The number of nitrogens with zero attached hydrogens (tertiary/aromatic N) is 1. The molecule has 284 valence electrons. The molecule has 0 amide bonds. The number of ether oxygens (including phenoxy) is 3. The van der Waals surface area contributed by atoms with Crippen molar-refractivity contribution >= 4 is 0 Å². The smallest absolute Gasteiger partial charge is 0.0648 e. The van der Waals surface area contributed by atoms with Gasteiger partial charge in [0, 0.05) is 13.2 Å². The van der Waals surface area contributed by atoms with E-state index in [4.69, 9.17) is 14.2 Å². The number of fused-ring (bicyclic) bond motifs is 5. The molecule has 0 aromatic carbocycles. The molecule has 9 atom stereocenters. The zero-order chi connectivity index (χ0) is 35.3. The van der Waals surface area contributed by atoms with Gasteiger partial charge in [0.25, 0.3) is 0 Å². The van der Waals surface area contributed by atoms with Crippen LogP contribution in [-0.2, 0) is 14.2 Å². The van der Waals surface area contributed by atoms with Crippen LogP contribution >= 0.6 is 0 Å². The summed E-state index contributed by atoms with van der Waals surface area (Å²) < 4.78 is 18.4. The molecule has 0 heterocycles. The van der Waals surface area contributed by atoms with E-state index in [0.29, 0.717) is 29.6 Å². The maximum Gasteiger partial charge on any atom is 0.0648 e. The third kappa shape index (κ3) is 11.4. The molecule has 3 fully saturated rings. The third-order valence-corrected chi connectivity index (χ3v) is 14.3. The molecule has 0 aromatic heterocycles. The first-order chi connectivity index (χ1) is 23.6. The van der Waals surface area contributed by atoms with E-state index < -0.39 is 0 Å². The van der Waals surface area contributed by atoms with E-state index in [0.717, 1.165) is 74.8 Å². The molecule has 4 rings (SSSR count). The third-order valence-electron chi connectivity index (χ3n) is 14.3. The average Bonchev–Trinajstić information content (AvgIpc) is 3.43. The van der Waals surface area contributed by atoms with Gasteiger partial charge in [0.05, 0.1) is 32.0 Å². The fourth-order valence-corrected chi connectivity index (χ4v) is 11.1. The van der Waals surface area contributed by atoms with Gasteiger partial charge in [-0.25, -0.2) is 0 Å². The van der Waals surface area contributed by atoms with E-state index in [1.165, 1.54) is 103 Å². The quantitative estimate of drug-likeness (QED) is 0.0792.